The third-order valence-corrected chi connectivity index (χ3v) is 18.6. The van der Waals surface area contributed by atoms with Crippen molar-refractivity contribution in [2.45, 2.75) is 152 Å². The van der Waals surface area contributed by atoms with Gasteiger partial charge in [0, 0.05) is 49.4 Å². The second kappa shape index (κ2) is 16.5. The number of rotatable bonds is 6. The van der Waals surface area contributed by atoms with Gasteiger partial charge in [-0.05, 0) is 108 Å². The molecule has 0 saturated heterocycles. The van der Waals surface area contributed by atoms with Crippen molar-refractivity contribution in [1.29, 1.82) is 0 Å². The van der Waals surface area contributed by atoms with Crippen molar-refractivity contribution < 1.29 is 39.6 Å². The second-order valence-corrected chi connectivity index (χ2v) is 22.0. The largest absolute Gasteiger partial charge is 0.508 e. The predicted octanol–water partition coefficient (Wildman–Crippen LogP) is 6.19. The van der Waals surface area contributed by atoms with Crippen LogP contribution in [-0.4, -0.2) is 63.4 Å². The Morgan fingerprint density at radius 2 is 1.72 bits per heavy atom. The highest BCUT2D eigenvalue weighted by atomic mass is 16.5. The minimum atomic E-state index is -1.06. The van der Waals surface area contributed by atoms with E-state index in [2.05, 4.69) is 53.7 Å². The summed E-state index contributed by atoms with van der Waals surface area (Å²) in [4.78, 5) is 19.7. The number of carbonyl (C=O) groups is 1. The number of nitrogens with zero attached hydrogens (tertiary/aromatic N) is 1. The number of carbonyl (C=O) groups excluding carboxylic acids is 1. The number of aliphatic hydroxyl groups excluding tert-OH is 3. The minimum absolute atomic E-state index is 0.00294. The molecule has 12 rings (SSSR count). The Morgan fingerprint density at radius 3 is 2.49 bits per heavy atom. The summed E-state index contributed by atoms with van der Waals surface area (Å²) in [5, 5.41) is 49.5. The van der Waals surface area contributed by atoms with Crippen LogP contribution in [0.4, 0.5) is 0 Å². The lowest BCUT2D eigenvalue weighted by Crippen LogP contribution is -3.13. The molecule has 0 aromatic heterocycles. The van der Waals surface area contributed by atoms with Gasteiger partial charge in [-0.15, -0.1) is 0 Å². The van der Waals surface area contributed by atoms with Crippen LogP contribution in [0.25, 0.3) is 0 Å². The number of phenolic OH excluding ortho intramolecular Hbond substituents is 1. The van der Waals surface area contributed by atoms with Gasteiger partial charge < -0.3 is 35.6 Å². The summed E-state index contributed by atoms with van der Waals surface area (Å²) < 4.78 is 13.5. The van der Waals surface area contributed by atoms with E-state index in [1.54, 1.807) is 6.07 Å². The highest BCUT2D eigenvalue weighted by molar-refractivity contribution is 6.08. The molecular weight excluding hydrogens is 841 g/mol. The molecule has 11 atom stereocenters. The van der Waals surface area contributed by atoms with Gasteiger partial charge in [0.25, 0.3) is 6.23 Å². The molecule has 2 aromatic carbocycles. The first-order valence-corrected chi connectivity index (χ1v) is 25.5. The maximum Gasteiger partial charge on any atom is 0.252 e. The van der Waals surface area contributed by atoms with Crippen LogP contribution < -0.4 is 25.4 Å². The predicted molar refractivity (Wildman–Crippen MR) is 253 cm³/mol. The molecule has 3 fully saturated rings. The van der Waals surface area contributed by atoms with Gasteiger partial charge in [-0.25, -0.2) is 0 Å². The van der Waals surface area contributed by atoms with E-state index in [9.17, 15) is 25.2 Å². The first-order chi connectivity index (χ1) is 32.5. The molecule has 2 bridgehead atoms. The van der Waals surface area contributed by atoms with Crippen molar-refractivity contribution in [1.82, 2.24) is 5.32 Å². The molecule has 5 heterocycles. The monoisotopic (exact) mass is 905 g/mol. The summed E-state index contributed by atoms with van der Waals surface area (Å²) in [7, 11) is 0. The van der Waals surface area contributed by atoms with Gasteiger partial charge in [-0.1, -0.05) is 87.5 Å². The van der Waals surface area contributed by atoms with Crippen LogP contribution in [0, 0.1) is 57.9 Å². The highest BCUT2D eigenvalue weighted by Crippen LogP contribution is 2.75. The molecule has 11 heteroatoms. The summed E-state index contributed by atoms with van der Waals surface area (Å²) in [5.41, 5.74) is 15.1. The van der Waals surface area contributed by atoms with Crippen LogP contribution in [0.5, 0.6) is 17.2 Å². The highest BCUT2D eigenvalue weighted by Gasteiger charge is 2.67. The number of quaternary nitrogens is 1. The topological polar surface area (TPSA) is 171 Å². The Balaban J connectivity index is 0.955. The van der Waals surface area contributed by atoms with Gasteiger partial charge in [-0.2, -0.15) is 0 Å². The van der Waals surface area contributed by atoms with Crippen molar-refractivity contribution >= 4 is 11.5 Å². The first-order valence-electron chi connectivity index (χ1n) is 25.5. The maximum absolute atomic E-state index is 13.4. The van der Waals surface area contributed by atoms with Gasteiger partial charge in [0.15, 0.2) is 11.5 Å². The molecule has 350 valence electrons. The average Bonchev–Trinajstić information content (AvgIpc) is 4.17. The number of Topliss-reactive ketones (excluding diaryl/α,β-unsaturated/α-hetero) is 1. The van der Waals surface area contributed by atoms with Crippen molar-refractivity contribution in [3.63, 3.8) is 0 Å². The number of nitrogens with one attached hydrogen (secondary N) is 2. The number of aliphatic imine (C=N–C) groups is 1. The molecule has 10 aliphatic rings. The molecule has 0 radical (unpaired) electrons. The van der Waals surface area contributed by atoms with E-state index in [1.807, 2.05) is 19.1 Å². The first kappa shape index (κ1) is 43.6. The summed E-state index contributed by atoms with van der Waals surface area (Å²) in [6.07, 6.45) is 21.6. The lowest BCUT2D eigenvalue weighted by atomic mass is 9.42. The number of ether oxygens (including phenoxy) is 2. The number of ketones is 1. The normalized spacial score (nSPS) is 34.4. The smallest absolute Gasteiger partial charge is 0.252 e. The van der Waals surface area contributed by atoms with Gasteiger partial charge in [0.1, 0.15) is 48.1 Å². The van der Waals surface area contributed by atoms with E-state index >= 15 is 0 Å². The minimum Gasteiger partial charge on any atom is -0.508 e. The number of aryl methyl sites for hydroxylation is 1. The van der Waals surface area contributed by atoms with E-state index in [-0.39, 0.29) is 65.4 Å². The van der Waals surface area contributed by atoms with Crippen LogP contribution in [0.2, 0.25) is 0 Å². The summed E-state index contributed by atoms with van der Waals surface area (Å²) in [5.74, 6) is 10.9. The molecular formula is C56H65N4O7+. The molecule has 2 aromatic rings. The van der Waals surface area contributed by atoms with E-state index in [0.29, 0.717) is 30.2 Å². The molecule has 3 saturated carbocycles. The summed E-state index contributed by atoms with van der Waals surface area (Å²) in [6, 6.07) is 7.58. The van der Waals surface area contributed by atoms with E-state index in [0.717, 1.165) is 66.8 Å². The number of hydrogen-bond donors (Lipinski definition) is 7. The van der Waals surface area contributed by atoms with Crippen LogP contribution in [0.3, 0.4) is 0 Å². The van der Waals surface area contributed by atoms with Gasteiger partial charge >= 0.3 is 0 Å². The van der Waals surface area contributed by atoms with Crippen LogP contribution in [-0.2, 0) is 11.2 Å². The molecule has 5 aliphatic heterocycles. The standard InChI is InChI=1S/C56H64N4O7/c1-32-8-11-35(45(64)24-32)46(65)26-34(61)10-9-33-25-48-47(27-44(33)63)66-23-22-54(16-2-3-17-54)40-14-15-43(62)36-12-13-37-49-41(29-59-52(37)57)55(18-4-5-19-55)56(20-6-7-21-56)51(50(36)49)38-28-58-42-31-60(30-39(38)42)53(40)67-48/h8,11-13,25,27-28,30,32,35,40-41,43,45-46,51-53,59,62-65H,2-7,9-10,16-21,24,26,29,31,57H2,1H3/p+1. The van der Waals surface area contributed by atoms with E-state index < -0.39 is 41.8 Å². The molecule has 11 unspecified atom stereocenters. The number of fused-ring (bicyclic) bond motifs is 9. The fraction of sp³-hybridized carbons (Fsp3) is 0.571. The molecule has 5 aliphatic carbocycles. The lowest BCUT2D eigenvalue weighted by Gasteiger charge is -2.62. The van der Waals surface area contributed by atoms with Gasteiger partial charge in [0.05, 0.1) is 29.4 Å². The summed E-state index contributed by atoms with van der Waals surface area (Å²) >= 11 is 0. The Hall–Kier alpha value is -4.72. The zero-order chi connectivity index (χ0) is 45.8. The van der Waals surface area contributed by atoms with Crippen molar-refractivity contribution in [3.05, 3.63) is 87.8 Å². The number of aliphatic hydroxyl groups is 3. The van der Waals surface area contributed by atoms with Gasteiger partial charge in [0.2, 0.25) is 0 Å². The molecule has 67 heavy (non-hydrogen) atoms. The second-order valence-electron chi connectivity index (χ2n) is 22.0. The number of aromatic hydroxyl groups is 1. The van der Waals surface area contributed by atoms with Crippen LogP contribution in [0.1, 0.15) is 155 Å². The Bertz CT molecular complexity index is 2640. The van der Waals surface area contributed by atoms with E-state index in [4.69, 9.17) is 20.2 Å². The zero-order valence-corrected chi connectivity index (χ0v) is 38.7. The molecule has 8 N–H and O–H groups in total. The number of benzene rings is 2. The third-order valence-electron chi connectivity index (χ3n) is 18.6. The van der Waals surface area contributed by atoms with E-state index in [1.165, 1.54) is 66.9 Å². The summed E-state index contributed by atoms with van der Waals surface area (Å²) in [6.45, 7) is 3.45. The lowest BCUT2D eigenvalue weighted by molar-refractivity contribution is -0.888. The van der Waals surface area contributed by atoms with Gasteiger partial charge in [-0.3, -0.25) is 20.0 Å². The number of nitrogens with two attached hydrogens (primary N) is 1. The molecule has 0 amide bonds. The van der Waals surface area contributed by atoms with Crippen molar-refractivity contribution in [3.8, 4) is 41.1 Å². The fourth-order valence-corrected chi connectivity index (χ4v) is 15.5. The zero-order valence-electron chi connectivity index (χ0n) is 38.7. The Kier molecular flexibility index (Phi) is 10.7. The molecule has 3 spiro atoms. The average molecular weight is 906 g/mol. The Morgan fingerprint density at radius 1 is 0.970 bits per heavy atom. The van der Waals surface area contributed by atoms with Crippen molar-refractivity contribution in [2.24, 2.45) is 44.7 Å². The third kappa shape index (κ3) is 6.78. The quantitative estimate of drug-likeness (QED) is 0.132. The SMILES string of the molecule is CC1C=CC(C(O)CC(=O)CCc2cc3c(cc2O)OC#CC2(CCCC2)C2C#CC(O)c4ccc5c6c4C(C4=CN=C7C[NH+](C=C47)C2O3)C2(CCCC2)C2(CCCC2)C6CNC5N)C(O)C1. The number of hydrogen-bond acceptors (Lipinski definition) is 10. The Labute approximate surface area is 394 Å². The number of allylic oxidation sites excluding steroid dienone is 2. The van der Waals surface area contributed by atoms with Crippen LogP contribution in [0.15, 0.2) is 65.0 Å². The van der Waals surface area contributed by atoms with Crippen molar-refractivity contribution in [2.75, 3.05) is 13.1 Å². The fourth-order valence-electron chi connectivity index (χ4n) is 15.5. The maximum atomic E-state index is 13.4. The molecule has 11 nitrogen and oxygen atoms in total. The van der Waals surface area contributed by atoms with Crippen LogP contribution >= 0.6 is 0 Å². The number of phenols is 1.